The third-order valence-electron chi connectivity index (χ3n) is 9.12. The lowest BCUT2D eigenvalue weighted by atomic mass is 10.0. The molecule has 17 heteroatoms. The Labute approximate surface area is 272 Å². The minimum absolute atomic E-state index is 0.0239. The average molecular weight is 692 g/mol. The molecule has 2 amide bonds. The molecule has 4 aliphatic rings. The van der Waals surface area contributed by atoms with Crippen LogP contribution in [0.25, 0.3) is 10.6 Å². The number of thiophene rings is 1. The van der Waals surface area contributed by atoms with Crippen LogP contribution in [-0.4, -0.2) is 104 Å². The summed E-state index contributed by atoms with van der Waals surface area (Å²) in [7, 11) is -2.10. The van der Waals surface area contributed by atoms with Crippen LogP contribution in [0.2, 0.25) is 0 Å². The lowest BCUT2D eigenvalue weighted by Gasteiger charge is -2.39. The van der Waals surface area contributed by atoms with Gasteiger partial charge < -0.3 is 25.6 Å². The third kappa shape index (κ3) is 6.05. The maximum Gasteiger partial charge on any atom is 0.420 e. The molecule has 5 heterocycles. The second-order valence-electron chi connectivity index (χ2n) is 12.3. The van der Waals surface area contributed by atoms with E-state index in [2.05, 4.69) is 20.2 Å². The van der Waals surface area contributed by atoms with Gasteiger partial charge in [-0.3, -0.25) is 14.5 Å². The molecular weight excluding hydrogens is 660 g/mol. The van der Waals surface area contributed by atoms with E-state index < -0.39 is 45.1 Å². The van der Waals surface area contributed by atoms with E-state index in [1.165, 1.54) is 4.90 Å². The molecule has 1 atom stereocenters. The first kappa shape index (κ1) is 31.8. The number of benzene rings is 1. The van der Waals surface area contributed by atoms with Gasteiger partial charge in [-0.05, 0) is 55.6 Å². The smallest absolute Gasteiger partial charge is 0.377 e. The highest BCUT2D eigenvalue weighted by atomic mass is 32.2. The first-order chi connectivity index (χ1) is 22.3. The fourth-order valence-corrected chi connectivity index (χ4v) is 9.07. The van der Waals surface area contributed by atoms with Gasteiger partial charge in [-0.15, -0.1) is 11.3 Å². The maximum atomic E-state index is 14.3. The second kappa shape index (κ2) is 11.7. The van der Waals surface area contributed by atoms with Gasteiger partial charge in [-0.2, -0.15) is 13.2 Å². The molecule has 1 saturated carbocycles. The Morgan fingerprint density at radius 1 is 1.15 bits per heavy atom. The van der Waals surface area contributed by atoms with E-state index in [9.17, 15) is 31.2 Å². The zero-order valence-corrected chi connectivity index (χ0v) is 26.9. The Morgan fingerprint density at radius 2 is 1.91 bits per heavy atom. The highest BCUT2D eigenvalue weighted by molar-refractivity contribution is 7.91. The van der Waals surface area contributed by atoms with Crippen molar-refractivity contribution in [1.29, 1.82) is 0 Å². The number of sulfone groups is 1. The van der Waals surface area contributed by atoms with Gasteiger partial charge in [-0.25, -0.2) is 18.4 Å². The predicted octanol–water partition coefficient (Wildman–Crippen LogP) is 3.08. The molecule has 2 saturated heterocycles. The van der Waals surface area contributed by atoms with Crippen LogP contribution in [0.15, 0.2) is 35.4 Å². The number of aromatic nitrogens is 2. The zero-order valence-electron chi connectivity index (χ0n) is 25.3. The van der Waals surface area contributed by atoms with E-state index in [1.807, 2.05) is 30.1 Å². The van der Waals surface area contributed by atoms with Gasteiger partial charge in [0.05, 0.1) is 40.5 Å². The zero-order chi connectivity index (χ0) is 33.2. The summed E-state index contributed by atoms with van der Waals surface area (Å²) in [6.07, 6.45) is -2.29. The van der Waals surface area contributed by atoms with Crippen LogP contribution in [0.4, 0.5) is 30.5 Å². The summed E-state index contributed by atoms with van der Waals surface area (Å²) >= 11 is 0.680. The molecule has 3 fully saturated rings. The first-order valence-corrected chi connectivity index (χ1v) is 17.6. The number of hydrogen-bond donors (Lipinski definition) is 2. The van der Waals surface area contributed by atoms with Crippen LogP contribution in [0.5, 0.6) is 0 Å². The van der Waals surface area contributed by atoms with Gasteiger partial charge in [-0.1, -0.05) is 0 Å². The van der Waals surface area contributed by atoms with E-state index in [4.69, 9.17) is 10.5 Å². The fraction of sp³-hybridized carbons (Fsp3) is 0.467. The Kier molecular flexibility index (Phi) is 7.92. The highest BCUT2D eigenvalue weighted by Crippen LogP contribution is 2.46. The van der Waals surface area contributed by atoms with Gasteiger partial charge in [0.2, 0.25) is 11.9 Å². The molecule has 7 rings (SSSR count). The molecule has 3 aliphatic heterocycles. The number of primary amides is 1. The molecule has 0 unspecified atom stereocenters. The number of nitrogens with one attached hydrogen (secondary N) is 1. The minimum Gasteiger partial charge on any atom is -0.377 e. The van der Waals surface area contributed by atoms with Crippen molar-refractivity contribution in [3.05, 3.63) is 46.5 Å². The van der Waals surface area contributed by atoms with Crippen LogP contribution in [0, 0.1) is 0 Å². The van der Waals surface area contributed by atoms with Gasteiger partial charge in [0.1, 0.15) is 16.5 Å². The van der Waals surface area contributed by atoms with Crippen molar-refractivity contribution < 1.29 is 35.9 Å². The van der Waals surface area contributed by atoms with Crippen LogP contribution in [-0.2, 0) is 25.5 Å². The molecule has 12 nitrogen and oxygen atoms in total. The summed E-state index contributed by atoms with van der Waals surface area (Å²) in [5.74, 6) is -1.18. The maximum absolute atomic E-state index is 14.3. The highest BCUT2D eigenvalue weighted by Gasteiger charge is 2.41. The van der Waals surface area contributed by atoms with Crippen molar-refractivity contribution in [3.8, 4) is 10.6 Å². The molecule has 3 aromatic rings. The van der Waals surface area contributed by atoms with Crippen LogP contribution >= 0.6 is 11.3 Å². The molecule has 3 N–H and O–H groups in total. The number of nitrogens with zero attached hydrogens (tertiary/aromatic N) is 5. The Hall–Kier alpha value is -3.80. The van der Waals surface area contributed by atoms with Crippen molar-refractivity contribution >= 4 is 50.3 Å². The number of nitrogens with two attached hydrogens (primary N) is 1. The Morgan fingerprint density at radius 3 is 2.57 bits per heavy atom. The summed E-state index contributed by atoms with van der Waals surface area (Å²) < 4.78 is 74.3. The number of hydrogen-bond acceptors (Lipinski definition) is 11. The molecule has 1 aliphatic carbocycles. The molecule has 2 aromatic heterocycles. The second-order valence-corrected chi connectivity index (χ2v) is 15.4. The van der Waals surface area contributed by atoms with Crippen molar-refractivity contribution in [1.82, 2.24) is 19.8 Å². The quantitative estimate of drug-likeness (QED) is 0.379. The fourth-order valence-electron chi connectivity index (χ4n) is 6.15. The summed E-state index contributed by atoms with van der Waals surface area (Å²) in [4.78, 5) is 38.6. The van der Waals surface area contributed by atoms with Gasteiger partial charge in [0.25, 0.3) is 5.91 Å². The monoisotopic (exact) mass is 691 g/mol. The molecule has 47 heavy (non-hydrogen) atoms. The normalized spacial score (nSPS) is 22.0. The number of ether oxygens (including phenoxy) is 1. The SMILES string of the molecule is CN1CCN(c2ccc(Nc3ncc(C(F)(F)F)c(-c4cc5c(s4)C(=O)N(C4COC4)CCS5(=O)=O)n3)c(C3CC3)c2)C[C@H]1C(N)=O. The lowest BCUT2D eigenvalue weighted by Crippen LogP contribution is -2.56. The average Bonchev–Trinajstić information content (AvgIpc) is 3.75. The number of rotatable bonds is 7. The standard InChI is InChI=1S/C30H32F3N7O5S2/c1-38-6-7-39(13-22(38)27(34)41)17-4-5-21(19(10-17)16-2-3-16)36-29-35-12-20(30(31,32)33)25(37-29)23-11-24-26(46-23)28(42)40(18-14-45-15-18)8-9-47(24,43)44/h4-5,10-12,16,18,22H,2-3,6-9,13-15H2,1H3,(H2,34,41)(H,35,36,37)/t22-/m0/s1. The predicted molar refractivity (Wildman–Crippen MR) is 168 cm³/mol. The Balaban J connectivity index is 1.23. The summed E-state index contributed by atoms with van der Waals surface area (Å²) in [6.45, 7) is 2.29. The van der Waals surface area contributed by atoms with E-state index >= 15 is 0 Å². The summed E-state index contributed by atoms with van der Waals surface area (Å²) in [5, 5.41) is 3.09. The number of likely N-dealkylation sites (N-methyl/N-ethyl adjacent to an activating group) is 1. The molecule has 1 aromatic carbocycles. The van der Waals surface area contributed by atoms with Crippen molar-refractivity contribution in [2.75, 3.05) is 62.4 Å². The number of piperazine rings is 1. The van der Waals surface area contributed by atoms with Crippen LogP contribution < -0.4 is 16.0 Å². The van der Waals surface area contributed by atoms with Crippen LogP contribution in [0.1, 0.15) is 39.6 Å². The molecule has 0 spiro atoms. The summed E-state index contributed by atoms with van der Waals surface area (Å²) in [5.41, 5.74) is 6.42. The van der Waals surface area contributed by atoms with Crippen LogP contribution in [0.3, 0.4) is 0 Å². The number of anilines is 3. The number of carbonyl (C=O) groups is 2. The third-order valence-corrected chi connectivity index (χ3v) is 12.1. The number of fused-ring (bicyclic) bond motifs is 1. The molecular formula is C30H32F3N7O5S2. The number of amides is 2. The number of alkyl halides is 3. The first-order valence-electron chi connectivity index (χ1n) is 15.2. The van der Waals surface area contributed by atoms with E-state index in [0.717, 1.165) is 30.2 Å². The number of carbonyl (C=O) groups excluding carboxylic acids is 2. The van der Waals surface area contributed by atoms with Crippen molar-refractivity contribution in [2.24, 2.45) is 5.73 Å². The molecule has 0 radical (unpaired) electrons. The minimum atomic E-state index is -4.85. The largest absolute Gasteiger partial charge is 0.420 e. The van der Waals surface area contributed by atoms with Gasteiger partial charge in [0, 0.05) is 43.8 Å². The van der Waals surface area contributed by atoms with E-state index in [1.54, 1.807) is 0 Å². The van der Waals surface area contributed by atoms with Crippen molar-refractivity contribution in [2.45, 2.75) is 41.9 Å². The Bertz CT molecular complexity index is 1860. The topological polar surface area (TPSA) is 151 Å². The van der Waals surface area contributed by atoms with Gasteiger partial charge in [0.15, 0.2) is 9.84 Å². The lowest BCUT2D eigenvalue weighted by molar-refractivity contribution is -0.137. The van der Waals surface area contributed by atoms with Crippen molar-refractivity contribution in [3.63, 3.8) is 0 Å². The molecule has 250 valence electrons. The molecule has 0 bridgehead atoms. The number of halogens is 3. The van der Waals surface area contributed by atoms with E-state index in [0.29, 0.717) is 42.9 Å². The summed E-state index contributed by atoms with van der Waals surface area (Å²) in [6, 6.07) is 6.10. The van der Waals surface area contributed by atoms with E-state index in [-0.39, 0.29) is 58.1 Å². The van der Waals surface area contributed by atoms with Gasteiger partial charge >= 0.3 is 6.18 Å².